The first-order valence-corrected chi connectivity index (χ1v) is 8.10. The van der Waals surface area contributed by atoms with Crippen LogP contribution >= 0.6 is 0 Å². The lowest BCUT2D eigenvalue weighted by Gasteiger charge is -2.46. The highest BCUT2D eigenvalue weighted by Gasteiger charge is 2.33. The Morgan fingerprint density at radius 1 is 1.17 bits per heavy atom. The van der Waals surface area contributed by atoms with Crippen LogP contribution in [0.2, 0.25) is 0 Å². The molecule has 0 aromatic carbocycles. The van der Waals surface area contributed by atoms with Crippen LogP contribution in [0, 0.1) is 5.92 Å². The molecule has 2 heteroatoms. The molecule has 106 valence electrons. The van der Waals surface area contributed by atoms with E-state index in [1.807, 2.05) is 0 Å². The van der Waals surface area contributed by atoms with Crippen molar-refractivity contribution in [2.24, 2.45) is 5.92 Å². The molecular formula is C16H32N2. The normalized spacial score (nSPS) is 29.8. The third-order valence-electron chi connectivity index (χ3n) is 5.04. The number of nitrogens with zero attached hydrogens (tertiary/aromatic N) is 1. The Morgan fingerprint density at radius 2 is 1.89 bits per heavy atom. The van der Waals surface area contributed by atoms with Crippen LogP contribution in [0.1, 0.15) is 65.7 Å². The van der Waals surface area contributed by atoms with Crippen LogP contribution in [0.15, 0.2) is 0 Å². The summed E-state index contributed by atoms with van der Waals surface area (Å²) in [6.07, 6.45) is 10.0. The van der Waals surface area contributed by atoms with E-state index in [4.69, 9.17) is 0 Å². The minimum absolute atomic E-state index is 0.350. The van der Waals surface area contributed by atoms with Gasteiger partial charge in [-0.05, 0) is 39.2 Å². The van der Waals surface area contributed by atoms with Gasteiger partial charge in [0.15, 0.2) is 0 Å². The molecule has 0 amide bonds. The van der Waals surface area contributed by atoms with Gasteiger partial charge in [0.05, 0.1) is 0 Å². The van der Waals surface area contributed by atoms with Gasteiger partial charge >= 0.3 is 0 Å². The standard InChI is InChI=1S/C16H32N2/c1-4-7-15-12-18(16(2,3)13-17-15)11-10-14-8-5-6-9-14/h14-15,17H,4-13H2,1-3H3. The summed E-state index contributed by atoms with van der Waals surface area (Å²) in [6.45, 7) is 10.8. The van der Waals surface area contributed by atoms with Crippen molar-refractivity contribution in [1.29, 1.82) is 0 Å². The minimum atomic E-state index is 0.350. The molecule has 2 rings (SSSR count). The summed E-state index contributed by atoms with van der Waals surface area (Å²) in [5.41, 5.74) is 0.350. The first-order valence-electron chi connectivity index (χ1n) is 8.10. The van der Waals surface area contributed by atoms with Gasteiger partial charge in [0.1, 0.15) is 0 Å². The van der Waals surface area contributed by atoms with Gasteiger partial charge < -0.3 is 5.32 Å². The minimum Gasteiger partial charge on any atom is -0.311 e. The van der Waals surface area contributed by atoms with Crippen LogP contribution in [0.3, 0.4) is 0 Å². The van der Waals surface area contributed by atoms with E-state index in [1.54, 1.807) is 0 Å². The molecular weight excluding hydrogens is 220 g/mol. The zero-order chi connectivity index (χ0) is 13.0. The Bertz CT molecular complexity index is 243. The third kappa shape index (κ3) is 3.71. The molecule has 1 unspecified atom stereocenters. The Balaban J connectivity index is 1.81. The molecule has 0 radical (unpaired) electrons. The lowest BCUT2D eigenvalue weighted by atomic mass is 9.94. The summed E-state index contributed by atoms with van der Waals surface area (Å²) in [5.74, 6) is 1.03. The van der Waals surface area contributed by atoms with E-state index in [0.717, 1.165) is 18.5 Å². The number of piperazine rings is 1. The summed E-state index contributed by atoms with van der Waals surface area (Å²) in [6, 6.07) is 0.728. The predicted molar refractivity (Wildman–Crippen MR) is 78.9 cm³/mol. The maximum Gasteiger partial charge on any atom is 0.0278 e. The van der Waals surface area contributed by atoms with E-state index < -0.39 is 0 Å². The van der Waals surface area contributed by atoms with Crippen molar-refractivity contribution in [2.45, 2.75) is 77.3 Å². The van der Waals surface area contributed by atoms with E-state index in [0.29, 0.717) is 5.54 Å². The SMILES string of the molecule is CCCC1CN(CCC2CCCC2)C(C)(C)CN1. The molecule has 2 aliphatic rings. The van der Waals surface area contributed by atoms with Crippen LogP contribution in [0.25, 0.3) is 0 Å². The van der Waals surface area contributed by atoms with Gasteiger partial charge in [0.2, 0.25) is 0 Å². The summed E-state index contributed by atoms with van der Waals surface area (Å²) in [4.78, 5) is 2.75. The van der Waals surface area contributed by atoms with Crippen LogP contribution in [-0.4, -0.2) is 36.1 Å². The molecule has 1 saturated carbocycles. The maximum atomic E-state index is 3.73. The van der Waals surface area contributed by atoms with E-state index in [9.17, 15) is 0 Å². The average Bonchev–Trinajstić information content (AvgIpc) is 2.83. The van der Waals surface area contributed by atoms with Crippen molar-refractivity contribution < 1.29 is 0 Å². The van der Waals surface area contributed by atoms with Gasteiger partial charge in [-0.15, -0.1) is 0 Å². The Morgan fingerprint density at radius 3 is 2.56 bits per heavy atom. The monoisotopic (exact) mass is 252 g/mol. The van der Waals surface area contributed by atoms with Gasteiger partial charge in [0.25, 0.3) is 0 Å². The quantitative estimate of drug-likeness (QED) is 0.806. The largest absolute Gasteiger partial charge is 0.311 e. The first-order chi connectivity index (χ1) is 8.62. The van der Waals surface area contributed by atoms with Crippen LogP contribution in [-0.2, 0) is 0 Å². The van der Waals surface area contributed by atoms with Gasteiger partial charge in [-0.25, -0.2) is 0 Å². The van der Waals surface area contributed by atoms with Gasteiger partial charge in [0, 0.05) is 24.7 Å². The highest BCUT2D eigenvalue weighted by molar-refractivity contribution is 4.92. The Hall–Kier alpha value is -0.0800. The molecule has 1 aliphatic carbocycles. The zero-order valence-corrected chi connectivity index (χ0v) is 12.7. The van der Waals surface area contributed by atoms with Gasteiger partial charge in [-0.1, -0.05) is 39.0 Å². The second-order valence-electron chi connectivity index (χ2n) is 7.06. The molecule has 0 bridgehead atoms. The molecule has 1 atom stereocenters. The molecule has 1 aliphatic heterocycles. The average molecular weight is 252 g/mol. The fourth-order valence-corrected chi connectivity index (χ4v) is 3.66. The van der Waals surface area contributed by atoms with Crippen molar-refractivity contribution >= 4 is 0 Å². The molecule has 1 saturated heterocycles. The fraction of sp³-hybridized carbons (Fsp3) is 1.00. The fourth-order valence-electron chi connectivity index (χ4n) is 3.66. The van der Waals surface area contributed by atoms with E-state index in [1.165, 1.54) is 58.0 Å². The van der Waals surface area contributed by atoms with Crippen molar-refractivity contribution in [3.63, 3.8) is 0 Å². The molecule has 1 N–H and O–H groups in total. The molecule has 0 aromatic rings. The predicted octanol–water partition coefficient (Wildman–Crippen LogP) is 3.42. The summed E-state index contributed by atoms with van der Waals surface area (Å²) in [5, 5.41) is 3.73. The molecule has 0 aromatic heterocycles. The Labute approximate surface area is 114 Å². The smallest absolute Gasteiger partial charge is 0.0278 e. The molecule has 2 nitrogen and oxygen atoms in total. The lowest BCUT2D eigenvalue weighted by molar-refractivity contribution is 0.0584. The zero-order valence-electron chi connectivity index (χ0n) is 12.7. The summed E-state index contributed by atoms with van der Waals surface area (Å²) < 4.78 is 0. The van der Waals surface area contributed by atoms with E-state index in [-0.39, 0.29) is 0 Å². The maximum absolute atomic E-state index is 3.73. The van der Waals surface area contributed by atoms with Crippen LogP contribution < -0.4 is 5.32 Å². The van der Waals surface area contributed by atoms with Gasteiger partial charge in [-0.2, -0.15) is 0 Å². The topological polar surface area (TPSA) is 15.3 Å². The summed E-state index contributed by atoms with van der Waals surface area (Å²) in [7, 11) is 0. The van der Waals surface area contributed by atoms with E-state index in [2.05, 4.69) is 31.0 Å². The highest BCUT2D eigenvalue weighted by atomic mass is 15.3. The van der Waals surface area contributed by atoms with Gasteiger partial charge in [-0.3, -0.25) is 4.90 Å². The van der Waals surface area contributed by atoms with Crippen LogP contribution in [0.4, 0.5) is 0 Å². The van der Waals surface area contributed by atoms with Crippen molar-refractivity contribution in [3.05, 3.63) is 0 Å². The summed E-state index contributed by atoms with van der Waals surface area (Å²) >= 11 is 0. The molecule has 2 fully saturated rings. The number of hydrogen-bond donors (Lipinski definition) is 1. The number of nitrogens with one attached hydrogen (secondary N) is 1. The van der Waals surface area contributed by atoms with Crippen molar-refractivity contribution in [1.82, 2.24) is 10.2 Å². The number of rotatable bonds is 5. The highest BCUT2D eigenvalue weighted by Crippen LogP contribution is 2.29. The van der Waals surface area contributed by atoms with E-state index >= 15 is 0 Å². The molecule has 1 heterocycles. The number of hydrogen-bond acceptors (Lipinski definition) is 2. The lowest BCUT2D eigenvalue weighted by Crippen LogP contribution is -2.62. The second kappa shape index (κ2) is 6.38. The Kier molecular flexibility index (Phi) is 5.08. The van der Waals surface area contributed by atoms with Crippen molar-refractivity contribution in [2.75, 3.05) is 19.6 Å². The van der Waals surface area contributed by atoms with Crippen LogP contribution in [0.5, 0.6) is 0 Å². The third-order valence-corrected chi connectivity index (χ3v) is 5.04. The second-order valence-corrected chi connectivity index (χ2v) is 7.06. The first kappa shape index (κ1) is 14.3. The molecule has 18 heavy (non-hydrogen) atoms. The molecule has 0 spiro atoms. The van der Waals surface area contributed by atoms with Crippen molar-refractivity contribution in [3.8, 4) is 0 Å².